The number of ether oxygens (including phenoxy) is 1. The molecule has 5 nitrogen and oxygen atoms in total. The second-order valence-electron chi connectivity index (χ2n) is 2.84. The number of anilines is 1. The van der Waals surface area contributed by atoms with Gasteiger partial charge < -0.3 is 10.5 Å². The van der Waals surface area contributed by atoms with Gasteiger partial charge in [0, 0.05) is 12.3 Å². The lowest BCUT2D eigenvalue weighted by Gasteiger charge is -2.02. The molecule has 0 spiro atoms. The van der Waals surface area contributed by atoms with E-state index in [9.17, 15) is 0 Å². The van der Waals surface area contributed by atoms with E-state index in [1.165, 1.54) is 0 Å². The fourth-order valence-corrected chi connectivity index (χ4v) is 1.40. The SMILES string of the molecule is COc1cccc(-n2cc(Br)c(N)n2)n1. The zero-order chi connectivity index (χ0) is 10.8. The highest BCUT2D eigenvalue weighted by atomic mass is 79.9. The third kappa shape index (κ3) is 1.94. The summed E-state index contributed by atoms with van der Waals surface area (Å²) in [4.78, 5) is 4.22. The van der Waals surface area contributed by atoms with Crippen molar-refractivity contribution in [1.82, 2.24) is 14.8 Å². The fraction of sp³-hybridized carbons (Fsp3) is 0.111. The summed E-state index contributed by atoms with van der Waals surface area (Å²) in [5.74, 6) is 1.63. The van der Waals surface area contributed by atoms with Crippen LogP contribution in [0.4, 0.5) is 5.82 Å². The molecule has 0 aromatic carbocycles. The Hall–Kier alpha value is -1.56. The number of halogens is 1. The number of nitrogen functional groups attached to an aromatic ring is 1. The molecule has 0 saturated heterocycles. The summed E-state index contributed by atoms with van der Waals surface area (Å²) < 4.78 is 7.35. The molecule has 15 heavy (non-hydrogen) atoms. The molecule has 0 amide bonds. The Morgan fingerprint density at radius 2 is 2.27 bits per heavy atom. The molecule has 0 fully saturated rings. The van der Waals surface area contributed by atoms with E-state index in [1.807, 2.05) is 12.1 Å². The summed E-state index contributed by atoms with van der Waals surface area (Å²) in [6.07, 6.45) is 1.75. The molecule has 2 rings (SSSR count). The van der Waals surface area contributed by atoms with Crippen LogP contribution in [0.25, 0.3) is 5.82 Å². The maximum atomic E-state index is 5.61. The number of rotatable bonds is 2. The van der Waals surface area contributed by atoms with Crippen LogP contribution in [0.15, 0.2) is 28.9 Å². The highest BCUT2D eigenvalue weighted by Gasteiger charge is 2.05. The molecule has 2 aromatic heterocycles. The van der Waals surface area contributed by atoms with E-state index in [4.69, 9.17) is 10.5 Å². The van der Waals surface area contributed by atoms with Gasteiger partial charge in [-0.25, -0.2) is 4.68 Å². The molecule has 0 saturated carbocycles. The molecular formula is C9H9BrN4O. The number of nitrogens with zero attached hydrogens (tertiary/aromatic N) is 3. The van der Waals surface area contributed by atoms with E-state index >= 15 is 0 Å². The van der Waals surface area contributed by atoms with Crippen molar-refractivity contribution in [1.29, 1.82) is 0 Å². The molecule has 2 N–H and O–H groups in total. The Morgan fingerprint density at radius 1 is 1.47 bits per heavy atom. The number of pyridine rings is 1. The molecule has 6 heteroatoms. The minimum Gasteiger partial charge on any atom is -0.481 e. The second-order valence-corrected chi connectivity index (χ2v) is 3.70. The van der Waals surface area contributed by atoms with Gasteiger partial charge in [0.1, 0.15) is 0 Å². The third-order valence-corrected chi connectivity index (χ3v) is 2.46. The van der Waals surface area contributed by atoms with E-state index in [0.717, 1.165) is 4.47 Å². The Balaban J connectivity index is 2.44. The van der Waals surface area contributed by atoms with Gasteiger partial charge in [0.25, 0.3) is 0 Å². The zero-order valence-electron chi connectivity index (χ0n) is 8.01. The first kappa shape index (κ1) is 9.97. The highest BCUT2D eigenvalue weighted by molar-refractivity contribution is 9.10. The Kier molecular flexibility index (Phi) is 2.59. The quantitative estimate of drug-likeness (QED) is 0.899. The van der Waals surface area contributed by atoms with Gasteiger partial charge in [-0.05, 0) is 22.0 Å². The number of aromatic nitrogens is 3. The van der Waals surface area contributed by atoms with Gasteiger partial charge in [-0.15, -0.1) is 5.10 Å². The van der Waals surface area contributed by atoms with Crippen LogP contribution < -0.4 is 10.5 Å². The molecule has 0 aliphatic rings. The average molecular weight is 269 g/mol. The smallest absolute Gasteiger partial charge is 0.214 e. The van der Waals surface area contributed by atoms with Crippen molar-refractivity contribution in [3.63, 3.8) is 0 Å². The third-order valence-electron chi connectivity index (χ3n) is 1.85. The predicted octanol–water partition coefficient (Wildman–Crippen LogP) is 1.62. The summed E-state index contributed by atoms with van der Waals surface area (Å²) in [5.41, 5.74) is 5.61. The lowest BCUT2D eigenvalue weighted by molar-refractivity contribution is 0.397. The van der Waals surface area contributed by atoms with E-state index in [1.54, 1.807) is 24.1 Å². The van der Waals surface area contributed by atoms with Crippen LogP contribution >= 0.6 is 15.9 Å². The van der Waals surface area contributed by atoms with Crippen LogP contribution in [0.1, 0.15) is 0 Å². The van der Waals surface area contributed by atoms with E-state index < -0.39 is 0 Å². The van der Waals surface area contributed by atoms with Crippen LogP contribution in [-0.4, -0.2) is 21.9 Å². The molecule has 0 unspecified atom stereocenters. The maximum absolute atomic E-state index is 5.61. The van der Waals surface area contributed by atoms with E-state index in [-0.39, 0.29) is 0 Å². The maximum Gasteiger partial charge on any atom is 0.214 e. The Labute approximate surface area is 95.0 Å². The van der Waals surface area contributed by atoms with Crippen LogP contribution in [0.3, 0.4) is 0 Å². The fourth-order valence-electron chi connectivity index (χ4n) is 1.13. The van der Waals surface area contributed by atoms with Crippen molar-refractivity contribution in [2.24, 2.45) is 0 Å². The van der Waals surface area contributed by atoms with Crippen LogP contribution in [0.5, 0.6) is 5.88 Å². The second kappa shape index (κ2) is 3.90. The van der Waals surface area contributed by atoms with Crippen molar-refractivity contribution in [2.75, 3.05) is 12.8 Å². The molecule has 0 bridgehead atoms. The Morgan fingerprint density at radius 3 is 2.87 bits per heavy atom. The first-order valence-electron chi connectivity index (χ1n) is 4.23. The lowest BCUT2D eigenvalue weighted by Crippen LogP contribution is -2.00. The van der Waals surface area contributed by atoms with Crippen molar-refractivity contribution in [3.05, 3.63) is 28.9 Å². The first-order chi connectivity index (χ1) is 7.20. The standard InChI is InChI=1S/C9H9BrN4O/c1-15-8-4-2-3-7(12-8)14-5-6(10)9(11)13-14/h2-5H,1H3,(H2,11,13). The van der Waals surface area contributed by atoms with Crippen LogP contribution in [0.2, 0.25) is 0 Å². The minimum atomic E-state index is 0.430. The van der Waals surface area contributed by atoms with Crippen molar-refractivity contribution < 1.29 is 4.74 Å². The lowest BCUT2D eigenvalue weighted by atomic mass is 10.4. The predicted molar refractivity (Wildman–Crippen MR) is 60.0 cm³/mol. The Bertz CT molecular complexity index is 463. The number of hydrogen-bond acceptors (Lipinski definition) is 4. The summed E-state index contributed by atoms with van der Waals surface area (Å²) in [5, 5.41) is 4.09. The first-order valence-corrected chi connectivity index (χ1v) is 5.02. The van der Waals surface area contributed by atoms with Crippen molar-refractivity contribution >= 4 is 21.7 Å². The van der Waals surface area contributed by atoms with Gasteiger partial charge in [-0.3, -0.25) is 0 Å². The van der Waals surface area contributed by atoms with Crippen LogP contribution in [-0.2, 0) is 0 Å². The topological polar surface area (TPSA) is 66.0 Å². The molecule has 2 aromatic rings. The summed E-state index contributed by atoms with van der Waals surface area (Å²) in [7, 11) is 1.57. The van der Waals surface area contributed by atoms with Gasteiger partial charge in [-0.1, -0.05) is 6.07 Å². The summed E-state index contributed by atoms with van der Waals surface area (Å²) in [6, 6.07) is 5.43. The molecule has 2 heterocycles. The molecule has 0 radical (unpaired) electrons. The van der Waals surface area contributed by atoms with Gasteiger partial charge in [0.05, 0.1) is 11.6 Å². The van der Waals surface area contributed by atoms with Gasteiger partial charge >= 0.3 is 0 Å². The van der Waals surface area contributed by atoms with Crippen molar-refractivity contribution in [2.45, 2.75) is 0 Å². The normalized spacial score (nSPS) is 10.3. The number of nitrogens with two attached hydrogens (primary N) is 1. The molecule has 78 valence electrons. The van der Waals surface area contributed by atoms with E-state index in [0.29, 0.717) is 17.5 Å². The van der Waals surface area contributed by atoms with Gasteiger partial charge in [0.15, 0.2) is 11.6 Å². The summed E-state index contributed by atoms with van der Waals surface area (Å²) >= 11 is 3.28. The zero-order valence-corrected chi connectivity index (χ0v) is 9.60. The average Bonchev–Trinajstić information content (AvgIpc) is 2.59. The molecule has 0 aliphatic heterocycles. The van der Waals surface area contributed by atoms with Crippen molar-refractivity contribution in [3.8, 4) is 11.7 Å². The minimum absolute atomic E-state index is 0.430. The molecular weight excluding hydrogens is 260 g/mol. The molecule has 0 aliphatic carbocycles. The largest absolute Gasteiger partial charge is 0.481 e. The molecule has 0 atom stereocenters. The number of hydrogen-bond donors (Lipinski definition) is 1. The van der Waals surface area contributed by atoms with E-state index in [2.05, 4.69) is 26.0 Å². The van der Waals surface area contributed by atoms with Gasteiger partial charge in [0.2, 0.25) is 5.88 Å². The number of methoxy groups -OCH3 is 1. The highest BCUT2D eigenvalue weighted by Crippen LogP contribution is 2.19. The van der Waals surface area contributed by atoms with Crippen LogP contribution in [0, 0.1) is 0 Å². The van der Waals surface area contributed by atoms with Gasteiger partial charge in [-0.2, -0.15) is 4.98 Å². The summed E-state index contributed by atoms with van der Waals surface area (Å²) in [6.45, 7) is 0. The monoisotopic (exact) mass is 268 g/mol.